The molecular formula is C24H29Cl2N3O3S. The number of piperazine rings is 1. The topological polar surface area (TPSA) is 60.9 Å². The Bertz CT molecular complexity index is 1100. The number of hydrogen-bond acceptors (Lipinski definition) is 4. The summed E-state index contributed by atoms with van der Waals surface area (Å²) >= 11 is 12.1. The molecule has 4 rings (SSSR count). The van der Waals surface area contributed by atoms with E-state index in [1.165, 1.54) is 4.31 Å². The van der Waals surface area contributed by atoms with Crippen LogP contribution in [0.15, 0.2) is 47.4 Å². The molecule has 2 aliphatic rings. The van der Waals surface area contributed by atoms with Crippen LogP contribution in [0.25, 0.3) is 0 Å². The Balaban J connectivity index is 1.53. The van der Waals surface area contributed by atoms with Crippen LogP contribution in [0, 0.1) is 6.92 Å². The molecule has 0 radical (unpaired) electrons. The smallest absolute Gasteiger partial charge is 0.243 e. The number of halogens is 2. The third kappa shape index (κ3) is 5.72. The maximum absolute atomic E-state index is 13.3. The Hall–Kier alpha value is -1.64. The standard InChI is InChI=1S/C24H29Cl2N3O3S/c1-18-4-7-21(8-5-18)33(31,32)28-12-13-29(20(17-28)16-27-10-2-3-11-27)24(30)15-19-6-9-22(25)23(26)14-19/h4-9,14,20H,2-3,10-13,15-17H2,1H3/t20-/m1/s1. The van der Waals surface area contributed by atoms with Gasteiger partial charge in [0.1, 0.15) is 0 Å². The highest BCUT2D eigenvalue weighted by atomic mass is 35.5. The number of rotatable bonds is 6. The summed E-state index contributed by atoms with van der Waals surface area (Å²) in [5.74, 6) is -0.0232. The summed E-state index contributed by atoms with van der Waals surface area (Å²) in [6, 6.07) is 11.9. The molecule has 9 heteroatoms. The largest absolute Gasteiger partial charge is 0.335 e. The first-order chi connectivity index (χ1) is 15.7. The summed E-state index contributed by atoms with van der Waals surface area (Å²) in [5, 5.41) is 0.874. The van der Waals surface area contributed by atoms with E-state index in [2.05, 4.69) is 4.90 Å². The number of likely N-dealkylation sites (tertiary alicyclic amines) is 1. The summed E-state index contributed by atoms with van der Waals surface area (Å²) in [7, 11) is -3.62. The van der Waals surface area contributed by atoms with Crippen molar-refractivity contribution in [1.29, 1.82) is 0 Å². The first-order valence-electron chi connectivity index (χ1n) is 11.3. The number of aryl methyl sites for hydroxylation is 1. The van der Waals surface area contributed by atoms with Crippen LogP contribution in [-0.2, 0) is 21.2 Å². The maximum atomic E-state index is 13.3. The molecular weight excluding hydrogens is 481 g/mol. The Kier molecular flexibility index (Phi) is 7.66. The van der Waals surface area contributed by atoms with E-state index in [0.717, 1.165) is 37.1 Å². The number of amides is 1. The molecule has 2 aromatic rings. The third-order valence-corrected chi connectivity index (χ3v) is 9.05. The summed E-state index contributed by atoms with van der Waals surface area (Å²) in [6.45, 7) is 5.50. The minimum atomic E-state index is -3.62. The zero-order valence-electron chi connectivity index (χ0n) is 18.7. The normalized spacial score (nSPS) is 20.3. The fourth-order valence-electron chi connectivity index (χ4n) is 4.58. The van der Waals surface area contributed by atoms with Crippen molar-refractivity contribution in [3.63, 3.8) is 0 Å². The predicted molar refractivity (Wildman–Crippen MR) is 131 cm³/mol. The van der Waals surface area contributed by atoms with Gasteiger partial charge in [-0.1, -0.05) is 47.0 Å². The fraction of sp³-hybridized carbons (Fsp3) is 0.458. The lowest BCUT2D eigenvalue weighted by atomic mass is 10.1. The van der Waals surface area contributed by atoms with Gasteiger partial charge in [0, 0.05) is 26.2 Å². The van der Waals surface area contributed by atoms with E-state index in [9.17, 15) is 13.2 Å². The molecule has 1 atom stereocenters. The molecule has 33 heavy (non-hydrogen) atoms. The molecule has 0 saturated carbocycles. The first-order valence-corrected chi connectivity index (χ1v) is 13.5. The Morgan fingerprint density at radius 1 is 0.970 bits per heavy atom. The molecule has 2 saturated heterocycles. The van der Waals surface area contributed by atoms with Crippen molar-refractivity contribution in [3.05, 3.63) is 63.6 Å². The van der Waals surface area contributed by atoms with E-state index in [-0.39, 0.29) is 24.9 Å². The number of carbonyl (C=O) groups excluding carboxylic acids is 1. The average molecular weight is 510 g/mol. The van der Waals surface area contributed by atoms with Gasteiger partial charge in [0.2, 0.25) is 15.9 Å². The van der Waals surface area contributed by atoms with Crippen LogP contribution in [0.1, 0.15) is 24.0 Å². The lowest BCUT2D eigenvalue weighted by Gasteiger charge is -2.42. The average Bonchev–Trinajstić information content (AvgIpc) is 3.29. The summed E-state index contributed by atoms with van der Waals surface area (Å²) in [5.41, 5.74) is 1.81. The number of nitrogens with zero attached hydrogens (tertiary/aromatic N) is 3. The van der Waals surface area contributed by atoms with Crippen LogP contribution in [0.5, 0.6) is 0 Å². The van der Waals surface area contributed by atoms with Gasteiger partial charge in [-0.15, -0.1) is 0 Å². The van der Waals surface area contributed by atoms with Gasteiger partial charge in [0.05, 0.1) is 27.4 Å². The van der Waals surface area contributed by atoms with Crippen molar-refractivity contribution in [1.82, 2.24) is 14.1 Å². The Labute approximate surface area is 206 Å². The van der Waals surface area contributed by atoms with Crippen LogP contribution < -0.4 is 0 Å². The second kappa shape index (κ2) is 10.3. The molecule has 2 fully saturated rings. The number of carbonyl (C=O) groups is 1. The molecule has 0 aliphatic carbocycles. The van der Waals surface area contributed by atoms with E-state index in [4.69, 9.17) is 23.2 Å². The molecule has 6 nitrogen and oxygen atoms in total. The predicted octanol–water partition coefficient (Wildman–Crippen LogP) is 3.84. The highest BCUT2D eigenvalue weighted by molar-refractivity contribution is 7.89. The SMILES string of the molecule is Cc1ccc(S(=O)(=O)N2CCN(C(=O)Cc3ccc(Cl)c(Cl)c3)[C@H](CN3CCCC3)C2)cc1. The second-order valence-electron chi connectivity index (χ2n) is 8.85. The van der Waals surface area contributed by atoms with Crippen molar-refractivity contribution in [2.24, 2.45) is 0 Å². The summed E-state index contributed by atoms with van der Waals surface area (Å²) in [4.78, 5) is 17.7. The summed E-state index contributed by atoms with van der Waals surface area (Å²) < 4.78 is 28.1. The van der Waals surface area contributed by atoms with E-state index < -0.39 is 10.0 Å². The van der Waals surface area contributed by atoms with E-state index in [0.29, 0.717) is 34.6 Å². The molecule has 0 aromatic heterocycles. The summed E-state index contributed by atoms with van der Waals surface area (Å²) in [6.07, 6.45) is 2.47. The van der Waals surface area contributed by atoms with Crippen molar-refractivity contribution in [2.45, 2.75) is 37.1 Å². The van der Waals surface area contributed by atoms with Gasteiger partial charge in [0.25, 0.3) is 0 Å². The van der Waals surface area contributed by atoms with Crippen molar-refractivity contribution in [2.75, 3.05) is 39.3 Å². The lowest BCUT2D eigenvalue weighted by molar-refractivity contribution is -0.135. The van der Waals surface area contributed by atoms with Crippen LogP contribution in [0.4, 0.5) is 0 Å². The van der Waals surface area contributed by atoms with E-state index in [1.807, 2.05) is 24.0 Å². The Morgan fingerprint density at radius 3 is 2.33 bits per heavy atom. The molecule has 0 bridgehead atoms. The third-order valence-electron chi connectivity index (χ3n) is 6.43. The number of benzene rings is 2. The zero-order chi connectivity index (χ0) is 23.6. The fourth-order valence-corrected chi connectivity index (χ4v) is 6.37. The van der Waals surface area contributed by atoms with Gasteiger partial charge >= 0.3 is 0 Å². The molecule has 178 valence electrons. The van der Waals surface area contributed by atoms with Gasteiger partial charge in [-0.25, -0.2) is 8.42 Å². The number of hydrogen-bond donors (Lipinski definition) is 0. The van der Waals surface area contributed by atoms with E-state index in [1.54, 1.807) is 30.3 Å². The lowest BCUT2D eigenvalue weighted by Crippen LogP contribution is -2.59. The number of sulfonamides is 1. The molecule has 1 amide bonds. The molecule has 2 aliphatic heterocycles. The monoisotopic (exact) mass is 509 g/mol. The highest BCUT2D eigenvalue weighted by Gasteiger charge is 2.37. The molecule has 2 heterocycles. The maximum Gasteiger partial charge on any atom is 0.243 e. The van der Waals surface area contributed by atoms with Crippen molar-refractivity contribution < 1.29 is 13.2 Å². The van der Waals surface area contributed by atoms with Gasteiger partial charge < -0.3 is 9.80 Å². The van der Waals surface area contributed by atoms with Crippen LogP contribution in [-0.4, -0.2) is 73.7 Å². The van der Waals surface area contributed by atoms with Crippen LogP contribution >= 0.6 is 23.2 Å². The van der Waals surface area contributed by atoms with Gasteiger partial charge in [-0.3, -0.25) is 4.79 Å². The van der Waals surface area contributed by atoms with Crippen molar-refractivity contribution >= 4 is 39.1 Å². The second-order valence-corrected chi connectivity index (χ2v) is 11.6. The van der Waals surface area contributed by atoms with E-state index >= 15 is 0 Å². The van der Waals surface area contributed by atoms with Crippen LogP contribution in [0.3, 0.4) is 0 Å². The minimum Gasteiger partial charge on any atom is -0.335 e. The Morgan fingerprint density at radius 2 is 1.67 bits per heavy atom. The van der Waals surface area contributed by atoms with Crippen LogP contribution in [0.2, 0.25) is 10.0 Å². The van der Waals surface area contributed by atoms with Gasteiger partial charge in [-0.2, -0.15) is 4.31 Å². The van der Waals surface area contributed by atoms with Gasteiger partial charge in [-0.05, 0) is 62.7 Å². The zero-order valence-corrected chi connectivity index (χ0v) is 21.0. The van der Waals surface area contributed by atoms with Gasteiger partial charge in [0.15, 0.2) is 0 Å². The molecule has 0 N–H and O–H groups in total. The molecule has 2 aromatic carbocycles. The van der Waals surface area contributed by atoms with Crippen molar-refractivity contribution in [3.8, 4) is 0 Å². The highest BCUT2D eigenvalue weighted by Crippen LogP contribution is 2.25. The molecule has 0 spiro atoms. The quantitative estimate of drug-likeness (QED) is 0.593. The minimum absolute atomic E-state index is 0.0232. The molecule has 0 unspecified atom stereocenters. The first kappa shape index (κ1) is 24.5.